The van der Waals surface area contributed by atoms with Gasteiger partial charge < -0.3 is 15.1 Å². The molecule has 2 N–H and O–H groups in total. The summed E-state index contributed by atoms with van der Waals surface area (Å²) in [4.78, 5) is 20.8. The summed E-state index contributed by atoms with van der Waals surface area (Å²) in [5.41, 5.74) is 0.852. The summed E-state index contributed by atoms with van der Waals surface area (Å²) in [6.45, 7) is 7.88. The van der Waals surface area contributed by atoms with Crippen LogP contribution < -0.4 is 0 Å². The van der Waals surface area contributed by atoms with Crippen LogP contribution >= 0.6 is 11.3 Å². The number of carboxylic acids is 1. The third kappa shape index (κ3) is 5.03. The van der Waals surface area contributed by atoms with Crippen molar-refractivity contribution in [3.05, 3.63) is 15.6 Å². The van der Waals surface area contributed by atoms with Gasteiger partial charge in [-0.2, -0.15) is 0 Å². The molecule has 118 valence electrons. The van der Waals surface area contributed by atoms with Crippen LogP contribution in [0.3, 0.4) is 0 Å². The molecule has 7 heteroatoms. The number of β-amino-alcohol motifs (C(OH)–C–C–N with tert-alkyl or cyclic N) is 1. The summed E-state index contributed by atoms with van der Waals surface area (Å²) >= 11 is 1.52. The number of nitrogens with zero attached hydrogens (tertiary/aromatic N) is 3. The van der Waals surface area contributed by atoms with E-state index in [4.69, 9.17) is 10.2 Å². The molecule has 0 amide bonds. The molecule has 0 unspecified atom stereocenters. The normalized spacial score (nSPS) is 17.2. The number of rotatable bonds is 7. The number of piperazine rings is 1. The number of aromatic nitrogens is 1. The van der Waals surface area contributed by atoms with Gasteiger partial charge in [-0.1, -0.05) is 0 Å². The van der Waals surface area contributed by atoms with Crippen LogP contribution in [0.1, 0.15) is 15.6 Å². The minimum Gasteiger partial charge on any atom is -0.481 e. The van der Waals surface area contributed by atoms with Gasteiger partial charge in [-0.05, 0) is 6.92 Å². The van der Waals surface area contributed by atoms with Gasteiger partial charge in [0.1, 0.15) is 0 Å². The van der Waals surface area contributed by atoms with Crippen molar-refractivity contribution in [2.75, 3.05) is 45.9 Å². The number of aliphatic carboxylic acids is 1. The molecule has 1 saturated heterocycles. The maximum atomic E-state index is 10.8. The largest absolute Gasteiger partial charge is 0.481 e. The number of hydrogen-bond donors (Lipinski definition) is 2. The number of carbonyl (C=O) groups is 1. The van der Waals surface area contributed by atoms with E-state index in [9.17, 15) is 4.79 Å². The lowest BCUT2D eigenvalue weighted by molar-refractivity contribution is -0.136. The van der Waals surface area contributed by atoms with Gasteiger partial charge in [-0.3, -0.25) is 9.69 Å². The predicted molar refractivity (Wildman–Crippen MR) is 81.9 cm³/mol. The Morgan fingerprint density at radius 3 is 2.43 bits per heavy atom. The Bertz CT molecular complexity index is 470. The zero-order chi connectivity index (χ0) is 15.2. The van der Waals surface area contributed by atoms with Crippen LogP contribution in [0, 0.1) is 6.92 Å². The van der Waals surface area contributed by atoms with Gasteiger partial charge in [0.2, 0.25) is 0 Å². The van der Waals surface area contributed by atoms with E-state index in [0.29, 0.717) is 0 Å². The van der Waals surface area contributed by atoms with E-state index in [1.807, 2.05) is 6.92 Å². The van der Waals surface area contributed by atoms with Crippen LogP contribution in [0.5, 0.6) is 0 Å². The molecule has 0 aliphatic carbocycles. The van der Waals surface area contributed by atoms with Gasteiger partial charge in [0.15, 0.2) is 0 Å². The second-order valence-corrected chi connectivity index (χ2v) is 6.51. The van der Waals surface area contributed by atoms with Crippen molar-refractivity contribution in [1.82, 2.24) is 14.8 Å². The Kier molecular flexibility index (Phi) is 6.10. The fraction of sp³-hybridized carbons (Fsp3) is 0.714. The lowest BCUT2D eigenvalue weighted by Gasteiger charge is -2.34. The molecule has 0 bridgehead atoms. The maximum Gasteiger partial charge on any atom is 0.308 e. The lowest BCUT2D eigenvalue weighted by Crippen LogP contribution is -2.47. The minimum atomic E-state index is -0.798. The van der Waals surface area contributed by atoms with Gasteiger partial charge >= 0.3 is 5.97 Å². The number of aliphatic hydroxyl groups excluding tert-OH is 1. The number of aryl methyl sites for hydroxylation is 1. The van der Waals surface area contributed by atoms with Crippen molar-refractivity contribution in [3.8, 4) is 0 Å². The Balaban J connectivity index is 1.77. The Labute approximate surface area is 129 Å². The van der Waals surface area contributed by atoms with Gasteiger partial charge in [0, 0.05) is 50.6 Å². The first-order valence-corrected chi connectivity index (χ1v) is 8.12. The first kappa shape index (κ1) is 16.4. The summed E-state index contributed by atoms with van der Waals surface area (Å²) in [6, 6.07) is 0. The zero-order valence-electron chi connectivity index (χ0n) is 12.4. The third-order valence-corrected chi connectivity index (χ3v) is 4.99. The summed E-state index contributed by atoms with van der Waals surface area (Å²) in [7, 11) is 0. The van der Waals surface area contributed by atoms with Crippen molar-refractivity contribution >= 4 is 17.3 Å². The molecule has 1 aliphatic rings. The van der Waals surface area contributed by atoms with Crippen LogP contribution in [-0.2, 0) is 17.6 Å². The molecule has 0 aromatic carbocycles. The molecular weight excluding hydrogens is 290 g/mol. The topological polar surface area (TPSA) is 76.9 Å². The number of thiazole rings is 1. The SMILES string of the molecule is Cc1nc(CCN2CCN(CCO)CC2)sc1CC(=O)O. The molecular formula is C14H23N3O3S. The molecule has 0 saturated carbocycles. The van der Waals surface area contributed by atoms with E-state index >= 15 is 0 Å². The maximum absolute atomic E-state index is 10.8. The van der Waals surface area contributed by atoms with E-state index in [2.05, 4.69) is 14.8 Å². The summed E-state index contributed by atoms with van der Waals surface area (Å²) in [5, 5.41) is 18.8. The van der Waals surface area contributed by atoms with E-state index < -0.39 is 5.97 Å². The van der Waals surface area contributed by atoms with Crippen molar-refractivity contribution in [2.45, 2.75) is 19.8 Å². The van der Waals surface area contributed by atoms with E-state index in [-0.39, 0.29) is 13.0 Å². The van der Waals surface area contributed by atoms with Crippen molar-refractivity contribution in [3.63, 3.8) is 0 Å². The summed E-state index contributed by atoms with van der Waals surface area (Å²) < 4.78 is 0. The summed E-state index contributed by atoms with van der Waals surface area (Å²) in [5.74, 6) is -0.798. The molecule has 2 rings (SSSR count). The summed E-state index contributed by atoms with van der Waals surface area (Å²) in [6.07, 6.45) is 0.953. The fourth-order valence-corrected chi connectivity index (χ4v) is 3.58. The quantitative estimate of drug-likeness (QED) is 0.750. The van der Waals surface area contributed by atoms with E-state index in [1.165, 1.54) is 11.3 Å². The lowest BCUT2D eigenvalue weighted by atomic mass is 10.3. The average molecular weight is 313 g/mol. The number of carboxylic acid groups (broad SMARTS) is 1. The highest BCUT2D eigenvalue weighted by molar-refractivity contribution is 7.11. The Morgan fingerprint density at radius 2 is 1.86 bits per heavy atom. The van der Waals surface area contributed by atoms with Crippen molar-refractivity contribution < 1.29 is 15.0 Å². The molecule has 0 atom stereocenters. The number of aliphatic hydroxyl groups is 1. The first-order chi connectivity index (χ1) is 10.1. The smallest absolute Gasteiger partial charge is 0.308 e. The fourth-order valence-electron chi connectivity index (χ4n) is 2.53. The van der Waals surface area contributed by atoms with Crippen LogP contribution in [0.25, 0.3) is 0 Å². The molecule has 1 fully saturated rings. The Morgan fingerprint density at radius 1 is 1.24 bits per heavy atom. The van der Waals surface area contributed by atoms with E-state index in [0.717, 1.165) is 61.3 Å². The highest BCUT2D eigenvalue weighted by Gasteiger charge is 2.17. The monoisotopic (exact) mass is 313 g/mol. The van der Waals surface area contributed by atoms with Crippen molar-refractivity contribution in [1.29, 1.82) is 0 Å². The van der Waals surface area contributed by atoms with Gasteiger partial charge in [0.25, 0.3) is 0 Å². The molecule has 0 radical (unpaired) electrons. The second-order valence-electron chi connectivity index (χ2n) is 5.34. The predicted octanol–water partition coefficient (Wildman–Crippen LogP) is 0.231. The van der Waals surface area contributed by atoms with Gasteiger partial charge in [-0.25, -0.2) is 4.98 Å². The minimum absolute atomic E-state index is 0.0728. The van der Waals surface area contributed by atoms with Crippen LogP contribution in [0.15, 0.2) is 0 Å². The molecule has 0 spiro atoms. The first-order valence-electron chi connectivity index (χ1n) is 7.31. The zero-order valence-corrected chi connectivity index (χ0v) is 13.2. The number of hydrogen-bond acceptors (Lipinski definition) is 6. The second kappa shape index (κ2) is 7.84. The molecule has 21 heavy (non-hydrogen) atoms. The third-order valence-electron chi connectivity index (χ3n) is 3.77. The highest BCUT2D eigenvalue weighted by Crippen LogP contribution is 2.19. The average Bonchev–Trinajstić information content (AvgIpc) is 2.78. The molecule has 2 heterocycles. The van der Waals surface area contributed by atoms with E-state index in [1.54, 1.807) is 0 Å². The standard InChI is InChI=1S/C14H23N3O3S/c1-11-12(10-14(19)20)21-13(15-11)2-3-16-4-6-17(7-5-16)8-9-18/h18H,2-10H2,1H3,(H,19,20). The highest BCUT2D eigenvalue weighted by atomic mass is 32.1. The molecule has 1 aromatic rings. The van der Waals surface area contributed by atoms with Crippen LogP contribution in [-0.4, -0.2) is 76.8 Å². The molecule has 1 aliphatic heterocycles. The molecule has 6 nitrogen and oxygen atoms in total. The van der Waals surface area contributed by atoms with Crippen molar-refractivity contribution in [2.24, 2.45) is 0 Å². The van der Waals surface area contributed by atoms with Gasteiger partial charge in [-0.15, -0.1) is 11.3 Å². The van der Waals surface area contributed by atoms with Crippen LogP contribution in [0.4, 0.5) is 0 Å². The molecule has 1 aromatic heterocycles. The van der Waals surface area contributed by atoms with Gasteiger partial charge in [0.05, 0.1) is 23.7 Å². The Hall–Kier alpha value is -1.02. The van der Waals surface area contributed by atoms with Crippen LogP contribution in [0.2, 0.25) is 0 Å².